The first kappa shape index (κ1) is 24.2. The zero-order valence-electron chi connectivity index (χ0n) is 19.1. The fraction of sp³-hybridized carbons (Fsp3) is 0.160. The van der Waals surface area contributed by atoms with E-state index in [1.54, 1.807) is 42.9 Å². The van der Waals surface area contributed by atoms with Crippen LogP contribution in [0.25, 0.3) is 11.1 Å². The summed E-state index contributed by atoms with van der Waals surface area (Å²) in [5, 5.41) is 3.02. The van der Waals surface area contributed by atoms with Crippen molar-refractivity contribution in [3.05, 3.63) is 103 Å². The van der Waals surface area contributed by atoms with E-state index in [9.17, 15) is 18.4 Å². The van der Waals surface area contributed by atoms with Gasteiger partial charge in [0.15, 0.2) is 0 Å². The molecule has 0 aliphatic rings. The lowest BCUT2D eigenvalue weighted by atomic mass is 10.0. The first-order valence-corrected chi connectivity index (χ1v) is 10.9. The number of anilines is 2. The number of rotatable bonds is 6. The normalized spacial score (nSPS) is 10.9. The number of ether oxygens (including phenoxy) is 1. The summed E-state index contributed by atoms with van der Waals surface area (Å²) in [4.78, 5) is 29.1. The van der Waals surface area contributed by atoms with Crippen molar-refractivity contribution in [2.24, 2.45) is 7.05 Å². The van der Waals surface area contributed by atoms with Crippen molar-refractivity contribution in [1.29, 1.82) is 0 Å². The van der Waals surface area contributed by atoms with Crippen LogP contribution in [0, 0.1) is 18.6 Å². The van der Waals surface area contributed by atoms with Gasteiger partial charge in [-0.3, -0.25) is 9.59 Å². The number of nitrogens with zero attached hydrogens (tertiary/aromatic N) is 3. The molecule has 35 heavy (non-hydrogen) atoms. The Morgan fingerprint density at radius 3 is 2.57 bits per heavy atom. The van der Waals surface area contributed by atoms with Gasteiger partial charge >= 0.3 is 5.56 Å². The van der Waals surface area contributed by atoms with Crippen molar-refractivity contribution < 1.29 is 13.5 Å². The number of nitrogens with one attached hydrogen (secondary N) is 1. The highest BCUT2D eigenvalue weighted by Gasteiger charge is 2.16. The third-order valence-electron chi connectivity index (χ3n) is 5.49. The Hall–Kier alpha value is -3.98. The van der Waals surface area contributed by atoms with Crippen molar-refractivity contribution in [3.8, 4) is 16.9 Å². The highest BCUT2D eigenvalue weighted by Crippen LogP contribution is 2.29. The third kappa shape index (κ3) is 4.95. The van der Waals surface area contributed by atoms with E-state index in [1.807, 2.05) is 0 Å². The first-order chi connectivity index (χ1) is 16.7. The summed E-state index contributed by atoms with van der Waals surface area (Å²) >= 11 is 5.92. The van der Waals surface area contributed by atoms with Crippen LogP contribution in [0.4, 0.5) is 20.4 Å². The average molecular weight is 499 g/mol. The van der Waals surface area contributed by atoms with Crippen LogP contribution in [0.5, 0.6) is 5.75 Å². The number of hydrogen-bond donors (Lipinski definition) is 1. The number of aryl methyl sites for hydroxylation is 2. The molecule has 4 rings (SSSR count). The largest absolute Gasteiger partial charge is 0.490 e. The molecule has 2 aromatic carbocycles. The summed E-state index contributed by atoms with van der Waals surface area (Å²) in [7, 11) is 2.93. The Morgan fingerprint density at radius 1 is 1.09 bits per heavy atom. The lowest BCUT2D eigenvalue weighted by Gasteiger charge is -2.17. The highest BCUT2D eigenvalue weighted by molar-refractivity contribution is 6.30. The summed E-state index contributed by atoms with van der Waals surface area (Å²) < 4.78 is 36.5. The molecule has 180 valence electrons. The summed E-state index contributed by atoms with van der Waals surface area (Å²) in [5.74, 6) is -0.964. The SMILES string of the molecule is COc1cn(Cc2ccc(F)c(Cl)c2)c(Nc2cc(-c3cccn(C)c3=O)c(F)cc2C)nc1=O. The maximum Gasteiger partial charge on any atom is 0.316 e. The molecule has 0 unspecified atom stereocenters. The molecule has 0 aliphatic carbocycles. The highest BCUT2D eigenvalue weighted by atomic mass is 35.5. The molecule has 4 aromatic rings. The monoisotopic (exact) mass is 498 g/mol. The summed E-state index contributed by atoms with van der Waals surface area (Å²) in [6.45, 7) is 1.86. The topological polar surface area (TPSA) is 78.2 Å². The van der Waals surface area contributed by atoms with Gasteiger partial charge in [0.25, 0.3) is 5.56 Å². The van der Waals surface area contributed by atoms with Crippen LogP contribution in [-0.4, -0.2) is 21.2 Å². The van der Waals surface area contributed by atoms with E-state index in [4.69, 9.17) is 16.3 Å². The van der Waals surface area contributed by atoms with E-state index in [1.165, 1.54) is 42.1 Å². The molecular weight excluding hydrogens is 478 g/mol. The molecule has 2 heterocycles. The number of hydrogen-bond acceptors (Lipinski definition) is 5. The van der Waals surface area contributed by atoms with Crippen molar-refractivity contribution in [2.45, 2.75) is 13.5 Å². The van der Waals surface area contributed by atoms with Crippen molar-refractivity contribution in [3.63, 3.8) is 0 Å². The predicted octanol–water partition coefficient (Wildman–Crippen LogP) is 4.65. The van der Waals surface area contributed by atoms with E-state index in [2.05, 4.69) is 10.3 Å². The number of halogens is 3. The number of methoxy groups -OCH3 is 1. The number of aromatic nitrogens is 3. The van der Waals surface area contributed by atoms with Gasteiger partial charge in [0.1, 0.15) is 11.6 Å². The van der Waals surface area contributed by atoms with E-state index in [0.717, 1.165) is 0 Å². The Kier molecular flexibility index (Phi) is 6.70. The van der Waals surface area contributed by atoms with E-state index >= 15 is 0 Å². The Morgan fingerprint density at radius 2 is 1.86 bits per heavy atom. The molecule has 0 amide bonds. The standard InChI is InChI=1S/C25H21ClF2N4O3/c1-14-9-20(28)17(16-5-4-8-31(2)24(16)34)11-21(14)29-25-30-23(33)22(35-3)13-32(25)12-15-6-7-19(27)18(26)10-15/h4-11,13H,12H2,1-3H3,(H,29,30,33). The van der Waals surface area contributed by atoms with Crippen LogP contribution in [0.15, 0.2) is 64.4 Å². The molecule has 10 heteroatoms. The van der Waals surface area contributed by atoms with Crippen LogP contribution in [0.3, 0.4) is 0 Å². The minimum Gasteiger partial charge on any atom is -0.490 e. The molecule has 0 atom stereocenters. The average Bonchev–Trinajstić information content (AvgIpc) is 2.81. The summed E-state index contributed by atoms with van der Waals surface area (Å²) in [6, 6.07) is 10.3. The fourth-order valence-electron chi connectivity index (χ4n) is 3.60. The second-order valence-corrected chi connectivity index (χ2v) is 8.33. The van der Waals surface area contributed by atoms with E-state index in [0.29, 0.717) is 16.8 Å². The maximum absolute atomic E-state index is 14.9. The Bertz CT molecular complexity index is 1550. The van der Waals surface area contributed by atoms with Gasteiger partial charge in [-0.25, -0.2) is 8.78 Å². The molecule has 2 aromatic heterocycles. The van der Waals surface area contributed by atoms with E-state index in [-0.39, 0.29) is 40.0 Å². The molecular formula is C25H21ClF2N4O3. The van der Waals surface area contributed by atoms with Crippen molar-refractivity contribution in [1.82, 2.24) is 14.1 Å². The number of pyridine rings is 1. The van der Waals surface area contributed by atoms with Gasteiger partial charge in [0, 0.05) is 24.5 Å². The third-order valence-corrected chi connectivity index (χ3v) is 5.78. The van der Waals surface area contributed by atoms with Gasteiger partial charge in [-0.15, -0.1) is 0 Å². The van der Waals surface area contributed by atoms with Crippen molar-refractivity contribution in [2.75, 3.05) is 12.4 Å². The zero-order chi connectivity index (χ0) is 25.3. The van der Waals surface area contributed by atoms with Gasteiger partial charge < -0.3 is 19.2 Å². The zero-order valence-corrected chi connectivity index (χ0v) is 19.9. The second kappa shape index (κ2) is 9.71. The molecule has 0 saturated heterocycles. The maximum atomic E-state index is 14.9. The Balaban J connectivity index is 1.80. The van der Waals surface area contributed by atoms with Crippen LogP contribution in [0.1, 0.15) is 11.1 Å². The van der Waals surface area contributed by atoms with Gasteiger partial charge in [0.05, 0.1) is 30.4 Å². The van der Waals surface area contributed by atoms with Crippen LogP contribution in [0.2, 0.25) is 5.02 Å². The van der Waals surface area contributed by atoms with Gasteiger partial charge in [-0.05, 0) is 54.4 Å². The lowest BCUT2D eigenvalue weighted by molar-refractivity contribution is 0.402. The second-order valence-electron chi connectivity index (χ2n) is 7.92. The molecule has 0 radical (unpaired) electrons. The molecule has 0 saturated carbocycles. The van der Waals surface area contributed by atoms with Gasteiger partial charge in [0.2, 0.25) is 11.7 Å². The fourth-order valence-corrected chi connectivity index (χ4v) is 3.81. The molecule has 1 N–H and O–H groups in total. The van der Waals surface area contributed by atoms with Crippen LogP contribution in [-0.2, 0) is 13.6 Å². The van der Waals surface area contributed by atoms with Gasteiger partial charge in [-0.2, -0.15) is 4.98 Å². The minimum absolute atomic E-state index is 0.00746. The lowest BCUT2D eigenvalue weighted by Crippen LogP contribution is -2.19. The van der Waals surface area contributed by atoms with Gasteiger partial charge in [-0.1, -0.05) is 17.7 Å². The first-order valence-electron chi connectivity index (χ1n) is 10.5. The molecule has 0 fully saturated rings. The summed E-state index contributed by atoms with van der Waals surface area (Å²) in [5.41, 5.74) is 0.949. The predicted molar refractivity (Wildman–Crippen MR) is 131 cm³/mol. The molecule has 0 bridgehead atoms. The number of benzene rings is 2. The van der Waals surface area contributed by atoms with E-state index < -0.39 is 17.2 Å². The van der Waals surface area contributed by atoms with Crippen LogP contribution >= 0.6 is 11.6 Å². The minimum atomic E-state index is -0.611. The van der Waals surface area contributed by atoms with Crippen LogP contribution < -0.4 is 21.2 Å². The smallest absolute Gasteiger partial charge is 0.316 e. The molecule has 0 aliphatic heterocycles. The Labute approximate surface area is 204 Å². The quantitative estimate of drug-likeness (QED) is 0.419. The molecule has 7 nitrogen and oxygen atoms in total. The van der Waals surface area contributed by atoms with Crippen molar-refractivity contribution >= 4 is 23.2 Å². The summed E-state index contributed by atoms with van der Waals surface area (Å²) in [6.07, 6.45) is 3.04. The molecule has 0 spiro atoms.